The number of aliphatic hydroxyl groups is 2. The molecule has 3 aromatic carbocycles. The van der Waals surface area contributed by atoms with Gasteiger partial charge in [0.15, 0.2) is 6.29 Å². The Morgan fingerprint density at radius 2 is 1.77 bits per heavy atom. The first-order valence-corrected chi connectivity index (χ1v) is 14.2. The first kappa shape index (κ1) is 28.9. The summed E-state index contributed by atoms with van der Waals surface area (Å²) in [5.74, 6) is 1.43. The molecule has 0 aliphatic carbocycles. The SMILES string of the molecule is C=CCOC(=O)NCc1ccccc1-c1ccc([C@@H]2O[C@H](CSCCO)C[C@H](c3ccc(CO)cc3)O2)cc1. The second-order valence-corrected chi connectivity index (χ2v) is 10.3. The molecule has 0 saturated carbocycles. The number of carbonyl (C=O) groups is 1. The Hall–Kier alpha value is -3.14. The number of hydrogen-bond donors (Lipinski definition) is 3. The molecule has 0 radical (unpaired) electrons. The van der Waals surface area contributed by atoms with Gasteiger partial charge in [0, 0.05) is 30.0 Å². The van der Waals surface area contributed by atoms with Crippen molar-refractivity contribution in [2.45, 2.75) is 38.1 Å². The molecular weight excluding hydrogens is 514 g/mol. The lowest BCUT2D eigenvalue weighted by Crippen LogP contribution is -2.31. The molecular formula is C31H35NO6S. The Balaban J connectivity index is 1.49. The van der Waals surface area contributed by atoms with Gasteiger partial charge in [-0.3, -0.25) is 0 Å². The summed E-state index contributed by atoms with van der Waals surface area (Å²) in [5, 5.41) is 21.4. The molecule has 3 atom stereocenters. The number of aliphatic hydroxyl groups excluding tert-OH is 2. The minimum absolute atomic E-state index is 0.00288. The molecule has 1 fully saturated rings. The van der Waals surface area contributed by atoms with Gasteiger partial charge in [-0.1, -0.05) is 85.5 Å². The fourth-order valence-corrected chi connectivity index (χ4v) is 5.20. The maximum Gasteiger partial charge on any atom is 0.407 e. The van der Waals surface area contributed by atoms with E-state index in [0.29, 0.717) is 18.7 Å². The zero-order valence-electron chi connectivity index (χ0n) is 21.8. The van der Waals surface area contributed by atoms with E-state index in [1.165, 1.54) is 6.08 Å². The van der Waals surface area contributed by atoms with E-state index in [2.05, 4.69) is 11.9 Å². The minimum atomic E-state index is -0.536. The lowest BCUT2D eigenvalue weighted by Gasteiger charge is -2.36. The number of benzene rings is 3. The third-order valence-electron chi connectivity index (χ3n) is 6.42. The summed E-state index contributed by atoms with van der Waals surface area (Å²) in [5.41, 5.74) is 5.81. The van der Waals surface area contributed by atoms with Crippen LogP contribution in [0.2, 0.25) is 0 Å². The highest BCUT2D eigenvalue weighted by Crippen LogP contribution is 2.39. The molecule has 39 heavy (non-hydrogen) atoms. The van der Waals surface area contributed by atoms with Crippen molar-refractivity contribution in [3.63, 3.8) is 0 Å². The molecule has 1 aliphatic rings. The fraction of sp³-hybridized carbons (Fsp3) is 0.323. The van der Waals surface area contributed by atoms with Crippen molar-refractivity contribution in [1.82, 2.24) is 5.32 Å². The van der Waals surface area contributed by atoms with Gasteiger partial charge in [0.25, 0.3) is 0 Å². The summed E-state index contributed by atoms with van der Waals surface area (Å²) in [4.78, 5) is 11.9. The Labute approximate surface area is 233 Å². The number of alkyl carbamates (subject to hydrolysis) is 1. The fourth-order valence-electron chi connectivity index (χ4n) is 4.43. The average Bonchev–Trinajstić information content (AvgIpc) is 2.99. The Kier molecular flexibility index (Phi) is 11.0. The highest BCUT2D eigenvalue weighted by Gasteiger charge is 2.32. The molecule has 0 aromatic heterocycles. The largest absolute Gasteiger partial charge is 0.445 e. The van der Waals surface area contributed by atoms with Crippen LogP contribution in [0.4, 0.5) is 4.79 Å². The minimum Gasteiger partial charge on any atom is -0.445 e. The number of ether oxygens (including phenoxy) is 3. The first-order valence-electron chi connectivity index (χ1n) is 13.0. The van der Waals surface area contributed by atoms with Crippen LogP contribution in [0.15, 0.2) is 85.5 Å². The standard InChI is InChI=1S/C31H35NO6S/c1-2-16-36-31(35)32-19-26-5-3-4-6-28(26)23-11-13-25(14-12-23)30-37-27(21-39-17-15-33)18-29(38-30)24-9-7-22(20-34)8-10-24/h2-14,27,29-30,33-34H,1,15-21H2,(H,32,35)/t27-,29+,30+/m0/s1. The van der Waals surface area contributed by atoms with Gasteiger partial charge in [0.05, 0.1) is 25.4 Å². The highest BCUT2D eigenvalue weighted by molar-refractivity contribution is 7.99. The molecule has 8 heteroatoms. The van der Waals surface area contributed by atoms with Gasteiger partial charge in [-0.25, -0.2) is 4.79 Å². The second kappa shape index (κ2) is 14.9. The van der Waals surface area contributed by atoms with E-state index in [-0.39, 0.29) is 32.0 Å². The Bertz CT molecular complexity index is 1200. The lowest BCUT2D eigenvalue weighted by molar-refractivity contribution is -0.245. The Morgan fingerprint density at radius 1 is 1.03 bits per heavy atom. The van der Waals surface area contributed by atoms with Crippen LogP contribution >= 0.6 is 11.8 Å². The molecule has 7 nitrogen and oxygen atoms in total. The molecule has 206 valence electrons. The third-order valence-corrected chi connectivity index (χ3v) is 7.50. The van der Waals surface area contributed by atoms with Gasteiger partial charge >= 0.3 is 6.09 Å². The number of carbonyl (C=O) groups excluding carboxylic acids is 1. The first-order chi connectivity index (χ1) is 19.1. The van der Waals surface area contributed by atoms with Crippen LogP contribution in [0.5, 0.6) is 0 Å². The number of amides is 1. The number of thioether (sulfide) groups is 1. The van der Waals surface area contributed by atoms with Crippen LogP contribution < -0.4 is 5.32 Å². The monoisotopic (exact) mass is 549 g/mol. The van der Waals surface area contributed by atoms with Gasteiger partial charge < -0.3 is 29.7 Å². The third kappa shape index (κ3) is 8.17. The number of hydrogen-bond acceptors (Lipinski definition) is 7. The van der Waals surface area contributed by atoms with Gasteiger partial charge in [-0.15, -0.1) is 0 Å². The van der Waals surface area contributed by atoms with Crippen LogP contribution in [0.1, 0.15) is 41.1 Å². The smallest absolute Gasteiger partial charge is 0.407 e. The average molecular weight is 550 g/mol. The van der Waals surface area contributed by atoms with E-state index in [9.17, 15) is 15.0 Å². The van der Waals surface area contributed by atoms with E-state index < -0.39 is 12.4 Å². The van der Waals surface area contributed by atoms with Gasteiger partial charge in [-0.2, -0.15) is 11.8 Å². The lowest BCUT2D eigenvalue weighted by atomic mass is 9.98. The van der Waals surface area contributed by atoms with Crippen LogP contribution in [-0.4, -0.2) is 47.1 Å². The maximum atomic E-state index is 11.9. The normalized spacial score (nSPS) is 18.9. The van der Waals surface area contributed by atoms with Crippen molar-refractivity contribution in [2.75, 3.05) is 24.7 Å². The van der Waals surface area contributed by atoms with Crippen LogP contribution in [0.3, 0.4) is 0 Å². The molecule has 1 saturated heterocycles. The van der Waals surface area contributed by atoms with Crippen LogP contribution in [-0.2, 0) is 27.4 Å². The Morgan fingerprint density at radius 3 is 2.49 bits per heavy atom. The molecule has 4 rings (SSSR count). The van der Waals surface area contributed by atoms with Gasteiger partial charge in [-0.05, 0) is 27.8 Å². The van der Waals surface area contributed by atoms with Crippen molar-refractivity contribution in [3.05, 3.63) is 108 Å². The van der Waals surface area contributed by atoms with E-state index in [1.807, 2.05) is 72.8 Å². The second-order valence-electron chi connectivity index (χ2n) is 9.17. The van der Waals surface area contributed by atoms with E-state index >= 15 is 0 Å². The molecule has 3 aromatic rings. The van der Waals surface area contributed by atoms with Crippen LogP contribution in [0.25, 0.3) is 11.1 Å². The van der Waals surface area contributed by atoms with E-state index in [4.69, 9.17) is 14.2 Å². The molecule has 0 bridgehead atoms. The van der Waals surface area contributed by atoms with E-state index in [0.717, 1.165) is 39.1 Å². The van der Waals surface area contributed by atoms with Crippen molar-refractivity contribution >= 4 is 17.9 Å². The molecule has 3 N–H and O–H groups in total. The van der Waals surface area contributed by atoms with Gasteiger partial charge in [0.1, 0.15) is 6.61 Å². The van der Waals surface area contributed by atoms with Crippen molar-refractivity contribution in [1.29, 1.82) is 0 Å². The molecule has 0 spiro atoms. The quantitative estimate of drug-likeness (QED) is 0.202. The summed E-state index contributed by atoms with van der Waals surface area (Å²) in [6.45, 7) is 4.19. The topological polar surface area (TPSA) is 97.3 Å². The summed E-state index contributed by atoms with van der Waals surface area (Å²) >= 11 is 1.67. The maximum absolute atomic E-state index is 11.9. The van der Waals surface area contributed by atoms with Crippen LogP contribution in [0, 0.1) is 0 Å². The zero-order valence-corrected chi connectivity index (χ0v) is 22.6. The summed E-state index contributed by atoms with van der Waals surface area (Å²) in [7, 11) is 0. The van der Waals surface area contributed by atoms with Crippen molar-refractivity contribution in [3.8, 4) is 11.1 Å². The van der Waals surface area contributed by atoms with Crippen molar-refractivity contribution < 1.29 is 29.2 Å². The number of nitrogens with one attached hydrogen (secondary N) is 1. The van der Waals surface area contributed by atoms with Crippen molar-refractivity contribution in [2.24, 2.45) is 0 Å². The molecule has 1 heterocycles. The summed E-state index contributed by atoms with van der Waals surface area (Å²) in [6, 6.07) is 23.8. The highest BCUT2D eigenvalue weighted by atomic mass is 32.2. The van der Waals surface area contributed by atoms with E-state index in [1.54, 1.807) is 11.8 Å². The predicted molar refractivity (Wildman–Crippen MR) is 153 cm³/mol. The number of rotatable bonds is 12. The molecule has 1 aliphatic heterocycles. The molecule has 1 amide bonds. The molecule has 0 unspecified atom stereocenters. The van der Waals surface area contributed by atoms with Gasteiger partial charge in [0.2, 0.25) is 0 Å². The summed E-state index contributed by atoms with van der Waals surface area (Å²) < 4.78 is 17.8. The summed E-state index contributed by atoms with van der Waals surface area (Å²) in [6.07, 6.45) is 1.03. The zero-order chi connectivity index (χ0) is 27.5. The predicted octanol–water partition coefficient (Wildman–Crippen LogP) is 5.53.